The fraction of sp³-hybridized carbons (Fsp3) is 0.333. The standard InChI is InChI=1S/C18H21NO2/c1-19(2)15-8-6-13(7-9-15)18(20)14-4-3-5-17(12-14)21-16-10-11-16/h3-9,12,16,18,20H,10-11H2,1-2H3. The van der Waals surface area contributed by atoms with Crippen LogP contribution in [0.25, 0.3) is 0 Å². The van der Waals surface area contributed by atoms with Gasteiger partial charge in [0.15, 0.2) is 0 Å². The first-order valence-electron chi connectivity index (χ1n) is 7.35. The van der Waals surface area contributed by atoms with Gasteiger partial charge in [-0.3, -0.25) is 0 Å². The van der Waals surface area contributed by atoms with Crippen LogP contribution in [0.4, 0.5) is 5.69 Å². The van der Waals surface area contributed by atoms with Crippen molar-refractivity contribution in [1.29, 1.82) is 0 Å². The van der Waals surface area contributed by atoms with Crippen LogP contribution in [-0.4, -0.2) is 25.3 Å². The Morgan fingerprint density at radius 3 is 2.38 bits per heavy atom. The molecule has 0 radical (unpaired) electrons. The van der Waals surface area contributed by atoms with Crippen LogP contribution in [0, 0.1) is 0 Å². The SMILES string of the molecule is CN(C)c1ccc(C(O)c2cccc(OC3CC3)c2)cc1. The Hall–Kier alpha value is -2.00. The van der Waals surface area contributed by atoms with E-state index in [-0.39, 0.29) is 0 Å². The van der Waals surface area contributed by atoms with Crippen LogP contribution in [0.3, 0.4) is 0 Å². The van der Waals surface area contributed by atoms with Crippen LogP contribution in [0.5, 0.6) is 5.75 Å². The molecule has 0 spiro atoms. The van der Waals surface area contributed by atoms with Crippen molar-refractivity contribution < 1.29 is 9.84 Å². The number of ether oxygens (including phenoxy) is 1. The van der Waals surface area contributed by atoms with Crippen molar-refractivity contribution in [2.24, 2.45) is 0 Å². The fourth-order valence-corrected chi connectivity index (χ4v) is 2.28. The van der Waals surface area contributed by atoms with Gasteiger partial charge in [-0.05, 0) is 48.2 Å². The quantitative estimate of drug-likeness (QED) is 0.913. The molecule has 110 valence electrons. The van der Waals surface area contributed by atoms with E-state index in [1.165, 1.54) is 0 Å². The monoisotopic (exact) mass is 283 g/mol. The molecule has 0 bridgehead atoms. The molecule has 1 unspecified atom stereocenters. The summed E-state index contributed by atoms with van der Waals surface area (Å²) in [5.74, 6) is 0.846. The predicted octanol–water partition coefficient (Wildman–Crippen LogP) is 3.38. The molecule has 1 aliphatic rings. The predicted molar refractivity (Wildman–Crippen MR) is 84.9 cm³/mol. The van der Waals surface area contributed by atoms with Gasteiger partial charge in [-0.25, -0.2) is 0 Å². The molecule has 1 atom stereocenters. The number of nitrogens with zero attached hydrogens (tertiary/aromatic N) is 1. The second-order valence-electron chi connectivity index (χ2n) is 5.78. The van der Waals surface area contributed by atoms with Gasteiger partial charge in [0.05, 0.1) is 6.10 Å². The molecule has 2 aromatic rings. The minimum Gasteiger partial charge on any atom is -0.490 e. The molecule has 0 heterocycles. The van der Waals surface area contributed by atoms with Gasteiger partial charge < -0.3 is 14.7 Å². The molecule has 3 rings (SSSR count). The van der Waals surface area contributed by atoms with E-state index < -0.39 is 6.10 Å². The Morgan fingerprint density at radius 2 is 1.76 bits per heavy atom. The van der Waals surface area contributed by atoms with Crippen LogP contribution in [0.1, 0.15) is 30.1 Å². The minimum absolute atomic E-state index is 0.372. The topological polar surface area (TPSA) is 32.7 Å². The minimum atomic E-state index is -0.621. The van der Waals surface area contributed by atoms with Crippen molar-refractivity contribution in [3.63, 3.8) is 0 Å². The van der Waals surface area contributed by atoms with E-state index >= 15 is 0 Å². The van der Waals surface area contributed by atoms with Crippen LogP contribution in [-0.2, 0) is 0 Å². The highest BCUT2D eigenvalue weighted by atomic mass is 16.5. The summed E-state index contributed by atoms with van der Waals surface area (Å²) in [6.07, 6.45) is 2.03. The van der Waals surface area contributed by atoms with E-state index in [9.17, 15) is 5.11 Å². The van der Waals surface area contributed by atoms with Gasteiger partial charge in [0, 0.05) is 19.8 Å². The maximum atomic E-state index is 10.5. The Bertz CT molecular complexity index is 603. The van der Waals surface area contributed by atoms with Crippen molar-refractivity contribution in [2.45, 2.75) is 25.0 Å². The van der Waals surface area contributed by atoms with Crippen LogP contribution in [0.2, 0.25) is 0 Å². The van der Waals surface area contributed by atoms with Crippen molar-refractivity contribution in [3.05, 3.63) is 59.7 Å². The number of hydrogen-bond acceptors (Lipinski definition) is 3. The highest BCUT2D eigenvalue weighted by Crippen LogP contribution is 2.30. The number of aliphatic hydroxyl groups excluding tert-OH is 1. The molecule has 0 aromatic heterocycles. The van der Waals surface area contributed by atoms with Gasteiger partial charge in [-0.2, -0.15) is 0 Å². The highest BCUT2D eigenvalue weighted by molar-refractivity contribution is 5.47. The summed E-state index contributed by atoms with van der Waals surface area (Å²) in [6.45, 7) is 0. The second kappa shape index (κ2) is 5.78. The summed E-state index contributed by atoms with van der Waals surface area (Å²) < 4.78 is 5.78. The summed E-state index contributed by atoms with van der Waals surface area (Å²) in [7, 11) is 4.01. The maximum Gasteiger partial charge on any atom is 0.120 e. The smallest absolute Gasteiger partial charge is 0.120 e. The van der Waals surface area contributed by atoms with Crippen molar-refractivity contribution in [2.75, 3.05) is 19.0 Å². The van der Waals surface area contributed by atoms with Crippen LogP contribution in [0.15, 0.2) is 48.5 Å². The number of rotatable bonds is 5. The van der Waals surface area contributed by atoms with Gasteiger partial charge in [0.2, 0.25) is 0 Å². The highest BCUT2D eigenvalue weighted by Gasteiger charge is 2.23. The molecule has 1 N–H and O–H groups in total. The molecule has 0 aliphatic heterocycles. The molecule has 0 saturated heterocycles. The first kappa shape index (κ1) is 14.0. The third-order valence-electron chi connectivity index (χ3n) is 3.73. The van der Waals surface area contributed by atoms with Crippen LogP contribution < -0.4 is 9.64 Å². The Kier molecular flexibility index (Phi) is 3.84. The number of benzene rings is 2. The molecule has 1 aliphatic carbocycles. The number of anilines is 1. The van der Waals surface area contributed by atoms with Gasteiger partial charge >= 0.3 is 0 Å². The molecule has 0 amide bonds. The van der Waals surface area contributed by atoms with Gasteiger partial charge in [0.25, 0.3) is 0 Å². The molecule has 3 heteroatoms. The average Bonchev–Trinajstić information content (AvgIpc) is 3.31. The fourth-order valence-electron chi connectivity index (χ4n) is 2.28. The lowest BCUT2D eigenvalue weighted by Gasteiger charge is -2.16. The van der Waals surface area contributed by atoms with Crippen molar-refractivity contribution in [1.82, 2.24) is 0 Å². The Labute approximate surface area is 125 Å². The average molecular weight is 283 g/mol. The Morgan fingerprint density at radius 1 is 1.05 bits per heavy atom. The normalized spacial score (nSPS) is 15.6. The molecule has 3 nitrogen and oxygen atoms in total. The van der Waals surface area contributed by atoms with E-state index in [2.05, 4.69) is 0 Å². The van der Waals surface area contributed by atoms with Crippen molar-refractivity contribution in [3.8, 4) is 5.75 Å². The third kappa shape index (κ3) is 3.37. The summed E-state index contributed by atoms with van der Waals surface area (Å²) >= 11 is 0. The zero-order valence-corrected chi connectivity index (χ0v) is 12.5. The molecular weight excluding hydrogens is 262 g/mol. The van der Waals surface area contributed by atoms with E-state index in [1.807, 2.05) is 67.5 Å². The van der Waals surface area contributed by atoms with Gasteiger partial charge in [-0.1, -0.05) is 24.3 Å². The summed E-state index contributed by atoms with van der Waals surface area (Å²) in [5.41, 5.74) is 2.88. The van der Waals surface area contributed by atoms with Gasteiger partial charge in [0.1, 0.15) is 11.9 Å². The first-order chi connectivity index (χ1) is 10.1. The Balaban J connectivity index is 1.78. The maximum absolute atomic E-state index is 10.5. The molecular formula is C18H21NO2. The van der Waals surface area contributed by atoms with E-state index in [0.717, 1.165) is 35.4 Å². The second-order valence-corrected chi connectivity index (χ2v) is 5.78. The van der Waals surface area contributed by atoms with Gasteiger partial charge in [-0.15, -0.1) is 0 Å². The lowest BCUT2D eigenvalue weighted by atomic mass is 10.0. The number of hydrogen-bond donors (Lipinski definition) is 1. The first-order valence-corrected chi connectivity index (χ1v) is 7.35. The molecule has 1 saturated carbocycles. The van der Waals surface area contributed by atoms with Crippen LogP contribution >= 0.6 is 0 Å². The summed E-state index contributed by atoms with van der Waals surface area (Å²) in [4.78, 5) is 2.04. The van der Waals surface area contributed by atoms with E-state index in [0.29, 0.717) is 6.10 Å². The third-order valence-corrected chi connectivity index (χ3v) is 3.73. The largest absolute Gasteiger partial charge is 0.490 e. The zero-order valence-electron chi connectivity index (χ0n) is 12.5. The van der Waals surface area contributed by atoms with E-state index in [1.54, 1.807) is 0 Å². The number of aliphatic hydroxyl groups is 1. The zero-order chi connectivity index (χ0) is 14.8. The lowest BCUT2D eigenvalue weighted by Crippen LogP contribution is -2.08. The van der Waals surface area contributed by atoms with Crippen molar-refractivity contribution >= 4 is 5.69 Å². The summed E-state index contributed by atoms with van der Waals surface area (Å²) in [6, 6.07) is 15.7. The lowest BCUT2D eigenvalue weighted by molar-refractivity contribution is 0.219. The molecule has 1 fully saturated rings. The molecule has 2 aromatic carbocycles. The molecule has 21 heavy (non-hydrogen) atoms. The summed E-state index contributed by atoms with van der Waals surface area (Å²) in [5, 5.41) is 10.5. The van der Waals surface area contributed by atoms with E-state index in [4.69, 9.17) is 4.74 Å².